The van der Waals surface area contributed by atoms with E-state index in [1.807, 2.05) is 78.0 Å². The van der Waals surface area contributed by atoms with Gasteiger partial charge < -0.3 is 10.2 Å². The van der Waals surface area contributed by atoms with Crippen molar-refractivity contribution in [2.75, 3.05) is 0 Å². The van der Waals surface area contributed by atoms with Gasteiger partial charge >= 0.3 is 0 Å². The number of aliphatic hydroxyl groups is 2. The molecule has 152 valence electrons. The second-order valence-corrected chi connectivity index (χ2v) is 10.6. The molecule has 2 N–H and O–H groups in total. The van der Waals surface area contributed by atoms with Crippen molar-refractivity contribution in [3.63, 3.8) is 0 Å². The molecule has 2 rings (SSSR count). The van der Waals surface area contributed by atoms with Crippen LogP contribution < -0.4 is 0 Å². The van der Waals surface area contributed by atoms with Crippen molar-refractivity contribution in [2.45, 2.75) is 53.8 Å². The third kappa shape index (κ3) is 5.72. The van der Waals surface area contributed by atoms with Gasteiger partial charge in [-0.3, -0.25) is 0 Å². The Balaban J connectivity index is 2.24. The third-order valence-electron chi connectivity index (χ3n) is 4.44. The maximum Gasteiger partial charge on any atom is 0.113 e. The van der Waals surface area contributed by atoms with Crippen LogP contribution in [0.4, 0.5) is 0 Å². The van der Waals surface area contributed by atoms with Crippen molar-refractivity contribution in [3.05, 3.63) is 56.0 Å². The van der Waals surface area contributed by atoms with Gasteiger partial charge in [0.15, 0.2) is 0 Å². The average Bonchev–Trinajstić information content (AvgIpc) is 2.58. The summed E-state index contributed by atoms with van der Waals surface area (Å²) in [5, 5.41) is 20.8. The van der Waals surface area contributed by atoms with Crippen LogP contribution in [0.15, 0.2) is 33.5 Å². The van der Waals surface area contributed by atoms with Crippen molar-refractivity contribution < 1.29 is 10.2 Å². The van der Waals surface area contributed by atoms with Gasteiger partial charge in [-0.15, -0.1) is 0 Å². The Labute approximate surface area is 184 Å². The summed E-state index contributed by atoms with van der Waals surface area (Å²) in [4.78, 5) is 8.99. The molecule has 0 aliphatic rings. The van der Waals surface area contributed by atoms with Crippen LogP contribution >= 0.6 is 31.9 Å². The lowest BCUT2D eigenvalue weighted by Crippen LogP contribution is -2.19. The highest BCUT2D eigenvalue weighted by atomic mass is 79.9. The second-order valence-electron chi connectivity index (χ2n) is 9.10. The van der Waals surface area contributed by atoms with Gasteiger partial charge in [0, 0.05) is 11.1 Å². The number of hydrogen-bond acceptors (Lipinski definition) is 4. The first kappa shape index (κ1) is 23.2. The molecule has 0 aliphatic heterocycles. The standard InChI is InChI=1S/C22H28Br2N2O2/c1-21(2,3)17(27)15-11-9-13(19(23)25-15)7-8-14-10-12-16(26-20(14)24)18(28)22(4,5)6/h7-12,17-18,27-28H,1-6H3/b8-7-/t17-,18-/m0/s1. The minimum Gasteiger partial charge on any atom is -0.386 e. The molecule has 2 atom stereocenters. The maximum atomic E-state index is 10.4. The highest BCUT2D eigenvalue weighted by Crippen LogP contribution is 2.34. The van der Waals surface area contributed by atoms with Crippen LogP contribution in [-0.4, -0.2) is 20.2 Å². The number of pyridine rings is 2. The van der Waals surface area contributed by atoms with E-state index in [-0.39, 0.29) is 10.8 Å². The predicted octanol–water partition coefficient (Wildman–Crippen LogP) is 6.33. The van der Waals surface area contributed by atoms with Crippen LogP contribution in [0.1, 0.15) is 76.3 Å². The third-order valence-corrected chi connectivity index (χ3v) is 5.71. The summed E-state index contributed by atoms with van der Waals surface area (Å²) in [6.07, 6.45) is 2.60. The molecule has 0 unspecified atom stereocenters. The molecule has 0 saturated carbocycles. The van der Waals surface area contributed by atoms with Crippen LogP contribution in [0.5, 0.6) is 0 Å². The fraction of sp³-hybridized carbons (Fsp3) is 0.455. The second kappa shape index (κ2) is 8.74. The number of hydrogen-bond donors (Lipinski definition) is 2. The van der Waals surface area contributed by atoms with Crippen LogP contribution in [0.2, 0.25) is 0 Å². The molecule has 0 spiro atoms. The summed E-state index contributed by atoms with van der Waals surface area (Å²) in [5.74, 6) is 0. The zero-order chi connectivity index (χ0) is 21.3. The van der Waals surface area contributed by atoms with E-state index in [0.29, 0.717) is 20.6 Å². The molecule has 0 fully saturated rings. The minimum absolute atomic E-state index is 0.278. The normalized spacial score (nSPS) is 15.1. The van der Waals surface area contributed by atoms with Crippen LogP contribution in [0.3, 0.4) is 0 Å². The highest BCUT2D eigenvalue weighted by Gasteiger charge is 2.26. The molecule has 2 aromatic rings. The summed E-state index contributed by atoms with van der Waals surface area (Å²) in [5.41, 5.74) is 2.52. The topological polar surface area (TPSA) is 66.2 Å². The van der Waals surface area contributed by atoms with Gasteiger partial charge in [-0.25, -0.2) is 9.97 Å². The maximum absolute atomic E-state index is 10.4. The SMILES string of the molecule is CC(C)(C)[C@@H](O)c1ccc(/C=C\c2ccc([C@H](O)C(C)(C)C)nc2Br)c(Br)n1. The largest absolute Gasteiger partial charge is 0.386 e. The molecule has 2 heterocycles. The number of aromatic nitrogens is 2. The fourth-order valence-electron chi connectivity index (χ4n) is 2.54. The number of halogens is 2. The molecule has 0 aliphatic carbocycles. The van der Waals surface area contributed by atoms with Crippen LogP contribution in [0, 0.1) is 10.8 Å². The minimum atomic E-state index is -0.637. The number of nitrogens with zero attached hydrogens (tertiary/aromatic N) is 2. The lowest BCUT2D eigenvalue weighted by Gasteiger charge is -2.25. The lowest BCUT2D eigenvalue weighted by molar-refractivity contribution is 0.0588. The van der Waals surface area contributed by atoms with E-state index in [2.05, 4.69) is 41.8 Å². The fourth-order valence-corrected chi connectivity index (χ4v) is 3.48. The van der Waals surface area contributed by atoms with Crippen LogP contribution in [0.25, 0.3) is 12.2 Å². The Hall–Kier alpha value is -1.08. The quantitative estimate of drug-likeness (QED) is 0.470. The summed E-state index contributed by atoms with van der Waals surface area (Å²) >= 11 is 6.99. The highest BCUT2D eigenvalue weighted by molar-refractivity contribution is 9.10. The van der Waals surface area contributed by atoms with E-state index in [0.717, 1.165) is 11.1 Å². The van der Waals surface area contributed by atoms with Gasteiger partial charge in [0.25, 0.3) is 0 Å². The first-order valence-corrected chi connectivity index (χ1v) is 10.8. The molecule has 0 amide bonds. The monoisotopic (exact) mass is 510 g/mol. The molecular formula is C22H28Br2N2O2. The zero-order valence-electron chi connectivity index (χ0n) is 17.2. The Morgan fingerprint density at radius 1 is 0.714 bits per heavy atom. The average molecular weight is 512 g/mol. The van der Waals surface area contributed by atoms with E-state index in [1.54, 1.807) is 0 Å². The molecule has 0 radical (unpaired) electrons. The van der Waals surface area contributed by atoms with E-state index in [1.165, 1.54) is 0 Å². The van der Waals surface area contributed by atoms with E-state index < -0.39 is 12.2 Å². The molecule has 0 bridgehead atoms. The molecule has 6 heteroatoms. The molecule has 4 nitrogen and oxygen atoms in total. The Bertz CT molecular complexity index is 796. The smallest absolute Gasteiger partial charge is 0.113 e. The van der Waals surface area contributed by atoms with Gasteiger partial charge in [-0.1, -0.05) is 65.8 Å². The van der Waals surface area contributed by atoms with Gasteiger partial charge in [0.1, 0.15) is 21.4 Å². The van der Waals surface area contributed by atoms with E-state index in [4.69, 9.17) is 0 Å². The molecule has 2 aromatic heterocycles. The van der Waals surface area contributed by atoms with Gasteiger partial charge in [-0.2, -0.15) is 0 Å². The van der Waals surface area contributed by atoms with Gasteiger partial charge in [-0.05, 0) is 54.8 Å². The summed E-state index contributed by atoms with van der Waals surface area (Å²) in [6, 6.07) is 7.54. The van der Waals surface area contributed by atoms with Gasteiger partial charge in [0.2, 0.25) is 0 Å². The van der Waals surface area contributed by atoms with Crippen molar-refractivity contribution in [3.8, 4) is 0 Å². The zero-order valence-corrected chi connectivity index (χ0v) is 20.3. The van der Waals surface area contributed by atoms with Crippen molar-refractivity contribution in [1.29, 1.82) is 0 Å². The number of rotatable bonds is 4. The van der Waals surface area contributed by atoms with Crippen LogP contribution in [-0.2, 0) is 0 Å². The van der Waals surface area contributed by atoms with E-state index >= 15 is 0 Å². The lowest BCUT2D eigenvalue weighted by atomic mass is 9.87. The Morgan fingerprint density at radius 2 is 1.04 bits per heavy atom. The summed E-state index contributed by atoms with van der Waals surface area (Å²) in [6.45, 7) is 11.9. The van der Waals surface area contributed by atoms with Gasteiger partial charge in [0.05, 0.1) is 11.4 Å². The summed E-state index contributed by atoms with van der Waals surface area (Å²) in [7, 11) is 0. The Morgan fingerprint density at radius 3 is 1.29 bits per heavy atom. The van der Waals surface area contributed by atoms with E-state index in [9.17, 15) is 10.2 Å². The molecule has 28 heavy (non-hydrogen) atoms. The molecule has 0 saturated heterocycles. The molecular weight excluding hydrogens is 484 g/mol. The molecule has 0 aromatic carbocycles. The van der Waals surface area contributed by atoms with Crippen molar-refractivity contribution in [2.24, 2.45) is 10.8 Å². The predicted molar refractivity (Wildman–Crippen MR) is 122 cm³/mol. The first-order chi connectivity index (χ1) is 12.8. The summed E-state index contributed by atoms with van der Waals surface area (Å²) < 4.78 is 1.35. The first-order valence-electron chi connectivity index (χ1n) is 9.18. The van der Waals surface area contributed by atoms with Crippen molar-refractivity contribution in [1.82, 2.24) is 9.97 Å². The Kier molecular flexibility index (Phi) is 7.24. The number of aliphatic hydroxyl groups excluding tert-OH is 2. The van der Waals surface area contributed by atoms with Crippen molar-refractivity contribution >= 4 is 44.0 Å².